The van der Waals surface area contributed by atoms with Gasteiger partial charge in [0.2, 0.25) is 5.75 Å². The van der Waals surface area contributed by atoms with Gasteiger partial charge >= 0.3 is 5.69 Å². The summed E-state index contributed by atoms with van der Waals surface area (Å²) in [7, 11) is 1.51. The molecule has 2 N–H and O–H groups in total. The second-order valence-corrected chi connectivity index (χ2v) is 4.21. The molecule has 0 amide bonds. The predicted molar refractivity (Wildman–Crippen MR) is 75.3 cm³/mol. The zero-order chi connectivity index (χ0) is 14.7. The average molecular weight is 274 g/mol. The molecule has 2 rings (SSSR count). The van der Waals surface area contributed by atoms with E-state index in [2.05, 4.69) is 0 Å². The van der Waals surface area contributed by atoms with Crippen LogP contribution < -0.4 is 15.2 Å². The Labute approximate surface area is 115 Å². The Hall–Kier alpha value is -2.76. The van der Waals surface area contributed by atoms with E-state index in [0.717, 1.165) is 5.56 Å². The number of nitrogens with two attached hydrogens (primary N) is 1. The van der Waals surface area contributed by atoms with E-state index in [-0.39, 0.29) is 17.1 Å². The van der Waals surface area contributed by atoms with Gasteiger partial charge in [-0.2, -0.15) is 0 Å². The summed E-state index contributed by atoms with van der Waals surface area (Å²) in [5, 5.41) is 11.1. The number of nitrogen functional groups attached to an aromatic ring is 1. The molecule has 0 saturated heterocycles. The average Bonchev–Trinajstić information content (AvgIpc) is 2.40. The maximum absolute atomic E-state index is 11.1. The highest BCUT2D eigenvalue weighted by atomic mass is 16.6. The van der Waals surface area contributed by atoms with Gasteiger partial charge in [-0.1, -0.05) is 12.1 Å². The monoisotopic (exact) mass is 274 g/mol. The molecule has 0 saturated carbocycles. The Morgan fingerprint density at radius 3 is 2.55 bits per heavy atom. The van der Waals surface area contributed by atoms with Crippen molar-refractivity contribution in [2.75, 3.05) is 12.8 Å². The maximum Gasteiger partial charge on any atom is 0.334 e. The molecular formula is C14H14N2O4. The SMILES string of the molecule is COc1cc(C)ccc1Oc1cccc(N)c1[N+](=O)[O-]. The number of benzene rings is 2. The third-order valence-corrected chi connectivity index (χ3v) is 2.75. The first-order chi connectivity index (χ1) is 9.52. The Morgan fingerprint density at radius 2 is 1.90 bits per heavy atom. The van der Waals surface area contributed by atoms with E-state index in [1.165, 1.54) is 19.2 Å². The normalized spacial score (nSPS) is 10.1. The minimum atomic E-state index is -0.564. The van der Waals surface area contributed by atoms with Crippen molar-refractivity contribution in [3.8, 4) is 17.2 Å². The number of ether oxygens (including phenoxy) is 2. The largest absolute Gasteiger partial charge is 0.493 e. The molecule has 104 valence electrons. The fourth-order valence-corrected chi connectivity index (χ4v) is 1.79. The molecule has 2 aromatic rings. The van der Waals surface area contributed by atoms with Gasteiger partial charge in [-0.25, -0.2) is 0 Å². The van der Waals surface area contributed by atoms with Crippen LogP contribution in [0.4, 0.5) is 11.4 Å². The summed E-state index contributed by atoms with van der Waals surface area (Å²) in [6.07, 6.45) is 0. The minimum Gasteiger partial charge on any atom is -0.493 e. The molecule has 0 unspecified atom stereocenters. The lowest BCUT2D eigenvalue weighted by Crippen LogP contribution is -1.99. The summed E-state index contributed by atoms with van der Waals surface area (Å²) in [6.45, 7) is 1.91. The number of methoxy groups -OCH3 is 1. The van der Waals surface area contributed by atoms with Crippen LogP contribution in [0.2, 0.25) is 0 Å². The fourth-order valence-electron chi connectivity index (χ4n) is 1.79. The van der Waals surface area contributed by atoms with Crippen molar-refractivity contribution < 1.29 is 14.4 Å². The van der Waals surface area contributed by atoms with Gasteiger partial charge in [0, 0.05) is 0 Å². The molecular weight excluding hydrogens is 260 g/mol. The van der Waals surface area contributed by atoms with E-state index >= 15 is 0 Å². The molecule has 0 aliphatic heterocycles. The van der Waals surface area contributed by atoms with Gasteiger partial charge in [0.15, 0.2) is 11.5 Å². The summed E-state index contributed by atoms with van der Waals surface area (Å²) < 4.78 is 10.8. The van der Waals surface area contributed by atoms with Crippen LogP contribution in [0.15, 0.2) is 36.4 Å². The van der Waals surface area contributed by atoms with Gasteiger partial charge in [0.05, 0.1) is 12.0 Å². The summed E-state index contributed by atoms with van der Waals surface area (Å²) in [6, 6.07) is 9.86. The highest BCUT2D eigenvalue weighted by Gasteiger charge is 2.20. The van der Waals surface area contributed by atoms with E-state index in [1.54, 1.807) is 18.2 Å². The summed E-state index contributed by atoms with van der Waals surface area (Å²) >= 11 is 0. The zero-order valence-corrected chi connectivity index (χ0v) is 11.1. The molecule has 0 aliphatic rings. The Kier molecular flexibility index (Phi) is 3.74. The van der Waals surface area contributed by atoms with Gasteiger partial charge in [-0.05, 0) is 36.8 Å². The number of anilines is 1. The molecule has 0 aliphatic carbocycles. The number of nitrogens with zero attached hydrogens (tertiary/aromatic N) is 1. The van der Waals surface area contributed by atoms with Crippen LogP contribution >= 0.6 is 0 Å². The summed E-state index contributed by atoms with van der Waals surface area (Å²) in [5.74, 6) is 0.977. The van der Waals surface area contributed by atoms with Gasteiger partial charge < -0.3 is 15.2 Å². The quantitative estimate of drug-likeness (QED) is 0.525. The fraction of sp³-hybridized carbons (Fsp3) is 0.143. The third-order valence-electron chi connectivity index (χ3n) is 2.75. The Bertz CT molecular complexity index is 656. The molecule has 6 heteroatoms. The number of nitro groups is 1. The molecule has 20 heavy (non-hydrogen) atoms. The molecule has 0 spiro atoms. The van der Waals surface area contributed by atoms with Gasteiger partial charge in [0.25, 0.3) is 0 Å². The lowest BCUT2D eigenvalue weighted by Gasteiger charge is -2.11. The van der Waals surface area contributed by atoms with E-state index in [4.69, 9.17) is 15.2 Å². The van der Waals surface area contributed by atoms with Crippen molar-refractivity contribution in [1.29, 1.82) is 0 Å². The van der Waals surface area contributed by atoms with E-state index in [0.29, 0.717) is 11.5 Å². The number of rotatable bonds is 4. The van der Waals surface area contributed by atoms with Gasteiger partial charge in [-0.15, -0.1) is 0 Å². The Balaban J connectivity index is 2.45. The van der Waals surface area contributed by atoms with Crippen LogP contribution in [0, 0.1) is 17.0 Å². The van der Waals surface area contributed by atoms with Crippen LogP contribution in [0.25, 0.3) is 0 Å². The smallest absolute Gasteiger partial charge is 0.334 e. The van der Waals surface area contributed by atoms with Crippen LogP contribution in [0.1, 0.15) is 5.56 Å². The lowest BCUT2D eigenvalue weighted by molar-refractivity contribution is -0.384. The number of hydrogen-bond acceptors (Lipinski definition) is 5. The van der Waals surface area contributed by atoms with Crippen molar-refractivity contribution in [2.24, 2.45) is 0 Å². The number of para-hydroxylation sites is 1. The number of hydrogen-bond donors (Lipinski definition) is 1. The minimum absolute atomic E-state index is 0.0542. The zero-order valence-electron chi connectivity index (χ0n) is 11.1. The highest BCUT2D eigenvalue weighted by Crippen LogP contribution is 2.39. The van der Waals surface area contributed by atoms with Gasteiger partial charge in [0.1, 0.15) is 5.69 Å². The van der Waals surface area contributed by atoms with Crippen molar-refractivity contribution >= 4 is 11.4 Å². The first-order valence-corrected chi connectivity index (χ1v) is 5.88. The first-order valence-electron chi connectivity index (χ1n) is 5.88. The molecule has 0 atom stereocenters. The van der Waals surface area contributed by atoms with Crippen LogP contribution in [0.3, 0.4) is 0 Å². The maximum atomic E-state index is 11.1. The molecule has 0 aromatic heterocycles. The highest BCUT2D eigenvalue weighted by molar-refractivity contribution is 5.66. The molecule has 0 radical (unpaired) electrons. The molecule has 0 bridgehead atoms. The molecule has 0 heterocycles. The summed E-state index contributed by atoms with van der Waals surface area (Å²) in [4.78, 5) is 10.5. The molecule has 6 nitrogen and oxygen atoms in total. The van der Waals surface area contributed by atoms with Crippen LogP contribution in [-0.2, 0) is 0 Å². The van der Waals surface area contributed by atoms with Crippen LogP contribution in [-0.4, -0.2) is 12.0 Å². The van der Waals surface area contributed by atoms with Gasteiger partial charge in [-0.3, -0.25) is 10.1 Å². The summed E-state index contributed by atoms with van der Waals surface area (Å²) in [5.41, 5.74) is 6.41. The van der Waals surface area contributed by atoms with E-state index in [9.17, 15) is 10.1 Å². The second-order valence-electron chi connectivity index (χ2n) is 4.21. The van der Waals surface area contributed by atoms with Crippen molar-refractivity contribution in [3.05, 3.63) is 52.1 Å². The van der Waals surface area contributed by atoms with E-state index in [1.807, 2.05) is 13.0 Å². The van der Waals surface area contributed by atoms with E-state index < -0.39 is 4.92 Å². The van der Waals surface area contributed by atoms with Crippen molar-refractivity contribution in [3.63, 3.8) is 0 Å². The predicted octanol–water partition coefficient (Wildman–Crippen LogP) is 3.29. The Morgan fingerprint density at radius 1 is 1.15 bits per heavy atom. The van der Waals surface area contributed by atoms with Crippen LogP contribution in [0.5, 0.6) is 17.2 Å². The molecule has 2 aromatic carbocycles. The van der Waals surface area contributed by atoms with Crippen molar-refractivity contribution in [2.45, 2.75) is 6.92 Å². The number of nitro benzene ring substituents is 1. The second kappa shape index (κ2) is 5.48. The third kappa shape index (κ3) is 2.64. The molecule has 0 fully saturated rings. The number of aryl methyl sites for hydroxylation is 1. The first kappa shape index (κ1) is 13.7. The van der Waals surface area contributed by atoms with Crippen molar-refractivity contribution in [1.82, 2.24) is 0 Å². The standard InChI is InChI=1S/C14H14N2O4/c1-9-6-7-11(13(8-9)19-2)20-12-5-3-4-10(15)14(12)16(17)18/h3-8H,15H2,1-2H3. The lowest BCUT2D eigenvalue weighted by atomic mass is 10.2. The topological polar surface area (TPSA) is 87.6 Å².